The quantitative estimate of drug-likeness (QED) is 0.578. The molecule has 6 nitrogen and oxygen atoms in total. The molecule has 2 rings (SSSR count). The van der Waals surface area contributed by atoms with Crippen LogP contribution in [0.2, 0.25) is 0 Å². The summed E-state index contributed by atoms with van der Waals surface area (Å²) in [6.45, 7) is 2.31. The van der Waals surface area contributed by atoms with Gasteiger partial charge in [-0.05, 0) is 27.6 Å². The number of hydrogen-bond donors (Lipinski definition) is 0. The van der Waals surface area contributed by atoms with Crippen LogP contribution in [0.25, 0.3) is 0 Å². The van der Waals surface area contributed by atoms with Crippen LogP contribution in [0.4, 0.5) is 5.82 Å². The van der Waals surface area contributed by atoms with Gasteiger partial charge in [-0.2, -0.15) is 0 Å². The molecule has 2 heterocycles. The van der Waals surface area contributed by atoms with Gasteiger partial charge in [0.25, 0.3) is 0 Å². The topological polar surface area (TPSA) is 73.8 Å². The minimum absolute atomic E-state index is 0.119. The van der Waals surface area contributed by atoms with Gasteiger partial charge in [0.1, 0.15) is 6.20 Å². The van der Waals surface area contributed by atoms with Gasteiger partial charge in [-0.25, -0.2) is 0 Å². The number of aromatic nitrogens is 3. The Labute approximate surface area is 91.7 Å². The molecule has 82 valence electrons. The molecule has 0 saturated heterocycles. The van der Waals surface area contributed by atoms with Gasteiger partial charge in [0, 0.05) is 19.3 Å². The van der Waals surface area contributed by atoms with Crippen LogP contribution in [0.1, 0.15) is 11.4 Å². The van der Waals surface area contributed by atoms with Crippen molar-refractivity contribution in [3.05, 3.63) is 52.2 Å². The number of imidazole rings is 1. The first-order chi connectivity index (χ1) is 7.66. The minimum atomic E-state index is -0.490. The molecule has 16 heavy (non-hydrogen) atoms. The van der Waals surface area contributed by atoms with E-state index in [-0.39, 0.29) is 5.82 Å². The molecular weight excluding hydrogens is 208 g/mol. The molecule has 0 N–H and O–H groups in total. The predicted octanol–water partition coefficient (Wildman–Crippen LogP) is 1.54. The number of nitro groups is 1. The molecule has 2 aromatic rings. The second kappa shape index (κ2) is 4.09. The van der Waals surface area contributed by atoms with E-state index in [4.69, 9.17) is 0 Å². The third-order valence-corrected chi connectivity index (χ3v) is 2.25. The number of hydrogen-bond acceptors (Lipinski definition) is 4. The number of nitrogens with zero attached hydrogens (tertiary/aromatic N) is 4. The van der Waals surface area contributed by atoms with Crippen LogP contribution in [0.5, 0.6) is 0 Å². The monoisotopic (exact) mass is 218 g/mol. The first kappa shape index (κ1) is 10.3. The highest BCUT2D eigenvalue weighted by Crippen LogP contribution is 2.12. The summed E-state index contributed by atoms with van der Waals surface area (Å²) in [7, 11) is 0. The van der Waals surface area contributed by atoms with E-state index in [1.165, 1.54) is 6.20 Å². The number of pyridine rings is 1. The minimum Gasteiger partial charge on any atom is -0.358 e. The van der Waals surface area contributed by atoms with Crippen LogP contribution in [-0.2, 0) is 6.54 Å². The Hall–Kier alpha value is -2.24. The molecule has 0 fully saturated rings. The smallest absolute Gasteiger partial charge is 0.358 e. The van der Waals surface area contributed by atoms with Crippen molar-refractivity contribution >= 4 is 5.82 Å². The van der Waals surface area contributed by atoms with Gasteiger partial charge < -0.3 is 14.7 Å². The van der Waals surface area contributed by atoms with Crippen LogP contribution in [0.3, 0.4) is 0 Å². The largest absolute Gasteiger partial charge is 0.381 e. The molecule has 0 aromatic carbocycles. The first-order valence-corrected chi connectivity index (χ1v) is 4.74. The van der Waals surface area contributed by atoms with Gasteiger partial charge in [0.2, 0.25) is 5.82 Å². The normalized spacial score (nSPS) is 10.3. The van der Waals surface area contributed by atoms with E-state index in [9.17, 15) is 10.1 Å². The summed E-state index contributed by atoms with van der Waals surface area (Å²) in [4.78, 5) is 17.8. The van der Waals surface area contributed by atoms with Crippen LogP contribution in [-0.4, -0.2) is 19.5 Å². The summed E-state index contributed by atoms with van der Waals surface area (Å²) in [5.41, 5.74) is 1.03. The molecule has 0 aliphatic carbocycles. The van der Waals surface area contributed by atoms with Crippen molar-refractivity contribution in [1.82, 2.24) is 14.5 Å². The van der Waals surface area contributed by atoms with Gasteiger partial charge in [-0.1, -0.05) is 0 Å². The van der Waals surface area contributed by atoms with Crippen LogP contribution in [0.15, 0.2) is 30.7 Å². The van der Waals surface area contributed by atoms with Crippen LogP contribution in [0, 0.1) is 17.0 Å². The van der Waals surface area contributed by atoms with Gasteiger partial charge in [-0.15, -0.1) is 0 Å². The van der Waals surface area contributed by atoms with Gasteiger partial charge in [0.05, 0.1) is 6.54 Å². The third kappa shape index (κ3) is 2.05. The molecule has 0 aliphatic rings. The lowest BCUT2D eigenvalue weighted by Crippen LogP contribution is -2.00. The van der Waals surface area contributed by atoms with E-state index >= 15 is 0 Å². The fraction of sp³-hybridized carbons (Fsp3) is 0.200. The summed E-state index contributed by atoms with van der Waals surface area (Å²) in [5, 5.41) is 10.5. The lowest BCUT2D eigenvalue weighted by atomic mass is 10.3. The van der Waals surface area contributed by atoms with Gasteiger partial charge in [0.15, 0.2) is 0 Å². The molecule has 0 spiro atoms. The Morgan fingerprint density at radius 3 is 2.69 bits per heavy atom. The van der Waals surface area contributed by atoms with Crippen molar-refractivity contribution in [3.8, 4) is 0 Å². The van der Waals surface area contributed by atoms with Crippen molar-refractivity contribution in [2.24, 2.45) is 0 Å². The maximum atomic E-state index is 10.5. The van der Waals surface area contributed by atoms with Gasteiger partial charge >= 0.3 is 5.82 Å². The fourth-order valence-corrected chi connectivity index (χ4v) is 1.42. The molecular formula is C10H10N4O2. The molecule has 0 atom stereocenters. The summed E-state index contributed by atoms with van der Waals surface area (Å²) in [6.07, 6.45) is 4.82. The van der Waals surface area contributed by atoms with Crippen LogP contribution >= 0.6 is 0 Å². The second-order valence-electron chi connectivity index (χ2n) is 3.39. The lowest BCUT2D eigenvalue weighted by molar-refractivity contribution is -0.389. The highest BCUT2D eigenvalue weighted by atomic mass is 16.6. The molecule has 2 aromatic heterocycles. The van der Waals surface area contributed by atoms with E-state index in [1.54, 1.807) is 23.9 Å². The zero-order chi connectivity index (χ0) is 11.5. The van der Waals surface area contributed by atoms with Crippen molar-refractivity contribution in [1.29, 1.82) is 0 Å². The Balaban J connectivity index is 2.25. The molecule has 6 heteroatoms. The lowest BCUT2D eigenvalue weighted by Gasteiger charge is -2.01. The Kier molecular flexibility index (Phi) is 2.63. The fourth-order valence-electron chi connectivity index (χ4n) is 1.42. The zero-order valence-electron chi connectivity index (χ0n) is 8.70. The molecule has 0 unspecified atom stereocenters. The summed E-state index contributed by atoms with van der Waals surface area (Å²) in [5.74, 6) is 0.509. The number of rotatable bonds is 3. The van der Waals surface area contributed by atoms with E-state index < -0.39 is 4.92 Å². The SMILES string of the molecule is Cc1nc([N+](=O)[O-])cn1Cc1ccncc1. The van der Waals surface area contributed by atoms with E-state index in [2.05, 4.69) is 9.97 Å². The number of aryl methyl sites for hydroxylation is 1. The Bertz CT molecular complexity index is 507. The van der Waals surface area contributed by atoms with E-state index in [0.717, 1.165) is 5.56 Å². The standard InChI is InChI=1S/C10H10N4O2/c1-8-12-10(14(15)16)7-13(8)6-9-2-4-11-5-3-9/h2-5,7H,6H2,1H3. The molecule has 0 aliphatic heterocycles. The van der Waals surface area contributed by atoms with Crippen molar-refractivity contribution < 1.29 is 4.92 Å². The predicted molar refractivity (Wildman–Crippen MR) is 57.0 cm³/mol. The second-order valence-corrected chi connectivity index (χ2v) is 3.39. The Morgan fingerprint density at radius 2 is 2.12 bits per heavy atom. The van der Waals surface area contributed by atoms with Crippen molar-refractivity contribution in [3.63, 3.8) is 0 Å². The van der Waals surface area contributed by atoms with Gasteiger partial charge in [-0.3, -0.25) is 4.98 Å². The maximum absolute atomic E-state index is 10.5. The highest BCUT2D eigenvalue weighted by Gasteiger charge is 2.14. The van der Waals surface area contributed by atoms with Crippen molar-refractivity contribution in [2.45, 2.75) is 13.5 Å². The molecule has 0 amide bonds. The summed E-state index contributed by atoms with van der Waals surface area (Å²) >= 11 is 0. The average molecular weight is 218 g/mol. The first-order valence-electron chi connectivity index (χ1n) is 4.74. The summed E-state index contributed by atoms with van der Waals surface area (Å²) in [6, 6.07) is 3.73. The zero-order valence-corrected chi connectivity index (χ0v) is 8.70. The average Bonchev–Trinajstić information content (AvgIpc) is 2.62. The van der Waals surface area contributed by atoms with Crippen LogP contribution < -0.4 is 0 Å². The maximum Gasteiger partial charge on any atom is 0.381 e. The third-order valence-electron chi connectivity index (χ3n) is 2.25. The summed E-state index contributed by atoms with van der Waals surface area (Å²) < 4.78 is 1.74. The van der Waals surface area contributed by atoms with Crippen molar-refractivity contribution in [2.75, 3.05) is 0 Å². The van der Waals surface area contributed by atoms with E-state index in [0.29, 0.717) is 12.4 Å². The molecule has 0 bridgehead atoms. The van der Waals surface area contributed by atoms with E-state index in [1.807, 2.05) is 12.1 Å². The highest BCUT2D eigenvalue weighted by molar-refractivity contribution is 5.19. The molecule has 0 saturated carbocycles. The Morgan fingerprint density at radius 1 is 1.44 bits per heavy atom. The molecule has 0 radical (unpaired) electrons.